The summed E-state index contributed by atoms with van der Waals surface area (Å²) in [5.74, 6) is 1.64. The summed E-state index contributed by atoms with van der Waals surface area (Å²) in [6, 6.07) is 5.11. The quantitative estimate of drug-likeness (QED) is 0.358. The van der Waals surface area contributed by atoms with E-state index in [0.717, 1.165) is 11.5 Å². The average molecular weight is 446 g/mol. The van der Waals surface area contributed by atoms with Crippen LogP contribution in [0.3, 0.4) is 0 Å². The minimum atomic E-state index is -0.269. The van der Waals surface area contributed by atoms with Crippen molar-refractivity contribution in [1.29, 1.82) is 0 Å². The Morgan fingerprint density at radius 3 is 2.83 bits per heavy atom. The molecule has 0 saturated heterocycles. The predicted octanol–water partition coefficient (Wildman–Crippen LogP) is 4.22. The fourth-order valence-electron chi connectivity index (χ4n) is 2.77. The molecule has 1 amide bonds. The van der Waals surface area contributed by atoms with Gasteiger partial charge in [0.05, 0.1) is 25.3 Å². The first-order chi connectivity index (χ1) is 14.5. The molecule has 0 bridgehead atoms. The monoisotopic (exact) mass is 445 g/mol. The van der Waals surface area contributed by atoms with Crippen LogP contribution in [0, 0.1) is 4.77 Å². The van der Waals surface area contributed by atoms with E-state index in [1.807, 2.05) is 23.8 Å². The van der Waals surface area contributed by atoms with E-state index in [-0.39, 0.29) is 5.91 Å². The van der Waals surface area contributed by atoms with E-state index in [9.17, 15) is 4.79 Å². The first-order valence-electron chi connectivity index (χ1n) is 9.46. The summed E-state index contributed by atoms with van der Waals surface area (Å²) in [6.45, 7) is 9.08. The van der Waals surface area contributed by atoms with Crippen molar-refractivity contribution in [2.24, 2.45) is 0 Å². The first kappa shape index (κ1) is 21.7. The highest BCUT2D eigenvalue weighted by molar-refractivity contribution is 7.71. The van der Waals surface area contributed by atoms with E-state index in [1.165, 1.54) is 11.3 Å². The molecule has 0 spiro atoms. The molecular formula is C20H23N5O3S2. The molecule has 0 radical (unpaired) electrons. The number of carbonyl (C=O) groups is 1. The topological polar surface area (TPSA) is 94.1 Å². The lowest BCUT2D eigenvalue weighted by Crippen LogP contribution is -2.12. The Morgan fingerprint density at radius 1 is 1.33 bits per heavy atom. The smallest absolute Gasteiger partial charge is 0.257 e. The maximum Gasteiger partial charge on any atom is 0.257 e. The van der Waals surface area contributed by atoms with Crippen molar-refractivity contribution < 1.29 is 14.3 Å². The summed E-state index contributed by atoms with van der Waals surface area (Å²) in [5, 5.41) is 12.3. The molecule has 0 aliphatic rings. The first-order valence-corrected chi connectivity index (χ1v) is 10.7. The summed E-state index contributed by atoms with van der Waals surface area (Å²) >= 11 is 6.58. The summed E-state index contributed by atoms with van der Waals surface area (Å²) in [7, 11) is 0. The van der Waals surface area contributed by atoms with Crippen LogP contribution in [0.25, 0.3) is 0 Å². The molecule has 0 unspecified atom stereocenters. The Kier molecular flexibility index (Phi) is 7.36. The molecule has 2 aromatic heterocycles. The summed E-state index contributed by atoms with van der Waals surface area (Å²) in [6.07, 6.45) is 2.25. The van der Waals surface area contributed by atoms with E-state index >= 15 is 0 Å². The van der Waals surface area contributed by atoms with E-state index in [2.05, 4.69) is 27.1 Å². The number of anilines is 1. The number of hydrogen-bond donors (Lipinski definition) is 2. The number of H-pyrrole nitrogens is 1. The zero-order valence-corrected chi connectivity index (χ0v) is 18.4. The van der Waals surface area contributed by atoms with Crippen LogP contribution < -0.4 is 14.8 Å². The maximum absolute atomic E-state index is 12.7. The molecule has 0 atom stereocenters. The molecule has 3 aromatic rings. The molecule has 0 aliphatic carbocycles. The second-order valence-corrected chi connectivity index (χ2v) is 7.39. The molecule has 0 saturated carbocycles. The lowest BCUT2D eigenvalue weighted by molar-refractivity contribution is 0.102. The highest BCUT2D eigenvalue weighted by Gasteiger charge is 2.14. The van der Waals surface area contributed by atoms with Gasteiger partial charge in [-0.2, -0.15) is 5.10 Å². The standard InChI is InChI=1S/C20H23N5O3S2/c1-4-9-25-17(23-24-20(25)29)11-14-12-30-19(21-14)22-18(26)13-7-8-15(27-5-2)16(10-13)28-6-3/h4,7-8,10,12H,1,5-6,9,11H2,2-3H3,(H,24,29)(H,21,22,26). The van der Waals surface area contributed by atoms with Crippen LogP contribution in [0.5, 0.6) is 11.5 Å². The van der Waals surface area contributed by atoms with E-state index in [1.54, 1.807) is 24.3 Å². The van der Waals surface area contributed by atoms with E-state index < -0.39 is 0 Å². The Hall–Kier alpha value is -2.98. The lowest BCUT2D eigenvalue weighted by atomic mass is 10.2. The average Bonchev–Trinajstić information content (AvgIpc) is 3.31. The molecule has 8 nitrogen and oxygen atoms in total. The SMILES string of the molecule is C=CCn1c(Cc2csc(NC(=O)c3ccc(OCC)c(OCC)c3)n2)n[nH]c1=S. The molecule has 0 aliphatic heterocycles. The second-order valence-electron chi connectivity index (χ2n) is 6.15. The third-order valence-corrected chi connectivity index (χ3v) is 5.18. The van der Waals surface area contributed by atoms with Crippen LogP contribution in [0.1, 0.15) is 35.7 Å². The number of carbonyl (C=O) groups excluding carboxylic acids is 1. The summed E-state index contributed by atoms with van der Waals surface area (Å²) in [5.41, 5.74) is 1.25. The molecule has 1 aromatic carbocycles. The Bertz CT molecular complexity index is 1090. The van der Waals surface area contributed by atoms with Gasteiger partial charge < -0.3 is 9.47 Å². The van der Waals surface area contributed by atoms with Crippen LogP contribution in [-0.2, 0) is 13.0 Å². The zero-order valence-electron chi connectivity index (χ0n) is 16.8. The van der Waals surface area contributed by atoms with Crippen molar-refractivity contribution >= 4 is 34.6 Å². The van der Waals surface area contributed by atoms with Gasteiger partial charge in [0.15, 0.2) is 21.4 Å². The number of ether oxygens (including phenoxy) is 2. The van der Waals surface area contributed by atoms with Crippen molar-refractivity contribution in [3.8, 4) is 11.5 Å². The van der Waals surface area contributed by atoms with Gasteiger partial charge in [0.25, 0.3) is 5.91 Å². The van der Waals surface area contributed by atoms with Gasteiger partial charge in [-0.1, -0.05) is 6.08 Å². The molecular weight excluding hydrogens is 422 g/mol. The Balaban J connectivity index is 1.71. The van der Waals surface area contributed by atoms with Crippen molar-refractivity contribution in [2.45, 2.75) is 26.8 Å². The van der Waals surface area contributed by atoms with Crippen molar-refractivity contribution in [1.82, 2.24) is 19.7 Å². The summed E-state index contributed by atoms with van der Waals surface area (Å²) < 4.78 is 13.5. The molecule has 2 N–H and O–H groups in total. The highest BCUT2D eigenvalue weighted by Crippen LogP contribution is 2.29. The minimum absolute atomic E-state index is 0.269. The second kappa shape index (κ2) is 10.2. The van der Waals surface area contributed by atoms with Gasteiger partial charge in [0.1, 0.15) is 5.82 Å². The lowest BCUT2D eigenvalue weighted by Gasteiger charge is -2.12. The number of aromatic amines is 1. The number of amides is 1. The fraction of sp³-hybridized carbons (Fsp3) is 0.300. The van der Waals surface area contributed by atoms with Gasteiger partial charge in [-0.3, -0.25) is 19.8 Å². The highest BCUT2D eigenvalue weighted by atomic mass is 32.1. The number of benzene rings is 1. The van der Waals surface area contributed by atoms with Crippen LogP contribution in [0.2, 0.25) is 0 Å². The Labute approximate surface area is 183 Å². The Morgan fingerprint density at radius 2 is 2.10 bits per heavy atom. The van der Waals surface area contributed by atoms with Crippen molar-refractivity contribution in [3.63, 3.8) is 0 Å². The van der Waals surface area contributed by atoms with Crippen LogP contribution in [0.15, 0.2) is 36.2 Å². The number of aromatic nitrogens is 4. The van der Waals surface area contributed by atoms with Crippen molar-refractivity contribution in [2.75, 3.05) is 18.5 Å². The number of thiazole rings is 1. The number of rotatable bonds is 10. The van der Waals surface area contributed by atoms with Gasteiger partial charge in [-0.25, -0.2) is 4.98 Å². The largest absolute Gasteiger partial charge is 0.490 e. The van der Waals surface area contributed by atoms with E-state index in [0.29, 0.717) is 53.1 Å². The normalized spacial score (nSPS) is 10.6. The predicted molar refractivity (Wildman–Crippen MR) is 119 cm³/mol. The molecule has 3 rings (SSSR count). The molecule has 10 heteroatoms. The number of hydrogen-bond acceptors (Lipinski definition) is 7. The van der Waals surface area contributed by atoms with Gasteiger partial charge in [-0.05, 0) is 44.3 Å². The van der Waals surface area contributed by atoms with Crippen LogP contribution in [-0.4, -0.2) is 38.9 Å². The van der Waals surface area contributed by atoms with Gasteiger partial charge in [-0.15, -0.1) is 17.9 Å². The van der Waals surface area contributed by atoms with Crippen LogP contribution in [0.4, 0.5) is 5.13 Å². The van der Waals surface area contributed by atoms with Gasteiger partial charge >= 0.3 is 0 Å². The van der Waals surface area contributed by atoms with Crippen molar-refractivity contribution in [3.05, 3.63) is 58.1 Å². The third kappa shape index (κ3) is 5.14. The number of allylic oxidation sites excluding steroid dienone is 1. The van der Waals surface area contributed by atoms with Gasteiger partial charge in [0, 0.05) is 17.5 Å². The number of nitrogens with zero attached hydrogens (tertiary/aromatic N) is 3. The molecule has 2 heterocycles. The van der Waals surface area contributed by atoms with Gasteiger partial charge in [0.2, 0.25) is 0 Å². The zero-order chi connectivity index (χ0) is 21.5. The van der Waals surface area contributed by atoms with E-state index in [4.69, 9.17) is 21.7 Å². The minimum Gasteiger partial charge on any atom is -0.490 e. The molecule has 0 fully saturated rings. The third-order valence-electron chi connectivity index (χ3n) is 4.07. The van der Waals surface area contributed by atoms with Crippen LogP contribution >= 0.6 is 23.6 Å². The molecule has 158 valence electrons. The molecule has 30 heavy (non-hydrogen) atoms. The number of nitrogens with one attached hydrogen (secondary N) is 2. The summed E-state index contributed by atoms with van der Waals surface area (Å²) in [4.78, 5) is 17.2. The maximum atomic E-state index is 12.7. The fourth-order valence-corrected chi connectivity index (χ4v) is 3.70.